The first-order valence-electron chi connectivity index (χ1n) is 7.47. The maximum atomic E-state index is 11.9. The summed E-state index contributed by atoms with van der Waals surface area (Å²) in [5.41, 5.74) is 2.56. The maximum absolute atomic E-state index is 11.9. The third kappa shape index (κ3) is 4.74. The van der Waals surface area contributed by atoms with E-state index in [1.54, 1.807) is 22.7 Å². The molecule has 1 amide bonds. The van der Waals surface area contributed by atoms with Crippen LogP contribution in [-0.2, 0) is 24.2 Å². The molecular weight excluding hydrogens is 324 g/mol. The van der Waals surface area contributed by atoms with E-state index in [4.69, 9.17) is 0 Å². The predicted molar refractivity (Wildman–Crippen MR) is 96.0 cm³/mol. The normalized spacial score (nSPS) is 10.7. The first-order valence-corrected chi connectivity index (χ1v) is 9.17. The van der Waals surface area contributed by atoms with E-state index in [-0.39, 0.29) is 5.91 Å². The van der Waals surface area contributed by atoms with Crippen molar-refractivity contribution < 1.29 is 4.79 Å². The lowest BCUT2D eigenvalue weighted by Crippen LogP contribution is -2.24. The van der Waals surface area contributed by atoms with E-state index in [0.29, 0.717) is 13.0 Å². The van der Waals surface area contributed by atoms with Crippen LogP contribution in [0.4, 0.5) is 0 Å². The molecule has 0 unspecified atom stereocenters. The molecule has 3 rings (SSSR count). The van der Waals surface area contributed by atoms with Crippen molar-refractivity contribution in [1.82, 2.24) is 10.3 Å². The molecule has 2 heterocycles. The Balaban J connectivity index is 1.51. The second-order valence-electron chi connectivity index (χ2n) is 5.42. The first-order chi connectivity index (χ1) is 11.2. The zero-order valence-corrected chi connectivity index (χ0v) is 14.5. The number of carbonyl (C=O) groups is 1. The minimum atomic E-state index is 0.0442. The number of carbonyl (C=O) groups excluding carboxylic acids is 1. The summed E-state index contributed by atoms with van der Waals surface area (Å²) in [4.78, 5) is 18.6. The van der Waals surface area contributed by atoms with Crippen molar-refractivity contribution in [2.45, 2.75) is 26.3 Å². The number of aromatic nitrogens is 1. The molecule has 0 fully saturated rings. The number of hydrogen-bond acceptors (Lipinski definition) is 4. The predicted octanol–water partition coefficient (Wildman–Crippen LogP) is 3.96. The summed E-state index contributed by atoms with van der Waals surface area (Å²) in [5.74, 6) is 0.0442. The minimum absolute atomic E-state index is 0.0442. The van der Waals surface area contributed by atoms with E-state index in [0.717, 1.165) is 16.3 Å². The number of benzene rings is 1. The summed E-state index contributed by atoms with van der Waals surface area (Å²) in [6.07, 6.45) is 3.24. The average Bonchev–Trinajstić information content (AvgIpc) is 3.19. The van der Waals surface area contributed by atoms with Gasteiger partial charge in [0.05, 0.1) is 13.0 Å². The first kappa shape index (κ1) is 15.9. The van der Waals surface area contributed by atoms with Crippen LogP contribution >= 0.6 is 22.7 Å². The summed E-state index contributed by atoms with van der Waals surface area (Å²) < 4.78 is 0. The number of aryl methyl sites for hydroxylation is 1. The Kier molecular flexibility index (Phi) is 5.20. The molecule has 0 bridgehead atoms. The van der Waals surface area contributed by atoms with Crippen LogP contribution in [0.25, 0.3) is 0 Å². The number of nitrogens with zero attached hydrogens (tertiary/aromatic N) is 1. The Bertz CT molecular complexity index is 761. The lowest BCUT2D eigenvalue weighted by molar-refractivity contribution is -0.120. The van der Waals surface area contributed by atoms with Crippen LogP contribution in [0.1, 0.15) is 25.9 Å². The van der Waals surface area contributed by atoms with E-state index in [9.17, 15) is 4.79 Å². The number of thiazole rings is 1. The van der Waals surface area contributed by atoms with Gasteiger partial charge < -0.3 is 5.32 Å². The molecule has 118 valence electrons. The largest absolute Gasteiger partial charge is 0.349 e. The third-order valence-electron chi connectivity index (χ3n) is 3.45. The van der Waals surface area contributed by atoms with Crippen molar-refractivity contribution in [1.29, 1.82) is 0 Å². The standard InChI is InChI=1S/C18H18N2OS2/c1-13-4-6-14(7-5-13)9-16-11-20-18(23-16)12-19-17(21)10-15-3-2-8-22-15/h2-8,11H,9-10,12H2,1H3,(H,19,21). The second kappa shape index (κ2) is 7.53. The van der Waals surface area contributed by atoms with Crippen molar-refractivity contribution in [3.8, 4) is 0 Å². The van der Waals surface area contributed by atoms with Gasteiger partial charge in [-0.25, -0.2) is 4.98 Å². The summed E-state index contributed by atoms with van der Waals surface area (Å²) in [7, 11) is 0. The third-order valence-corrected chi connectivity index (χ3v) is 5.33. The number of thiophene rings is 1. The zero-order chi connectivity index (χ0) is 16.1. The number of nitrogens with one attached hydrogen (secondary N) is 1. The lowest BCUT2D eigenvalue weighted by Gasteiger charge is -2.01. The van der Waals surface area contributed by atoms with E-state index in [2.05, 4.69) is 41.5 Å². The molecule has 3 nitrogen and oxygen atoms in total. The van der Waals surface area contributed by atoms with Gasteiger partial charge in [0.2, 0.25) is 5.91 Å². The number of amides is 1. The van der Waals surface area contributed by atoms with Gasteiger partial charge >= 0.3 is 0 Å². The van der Waals surface area contributed by atoms with Gasteiger partial charge in [0.25, 0.3) is 0 Å². The van der Waals surface area contributed by atoms with E-state index >= 15 is 0 Å². The molecule has 0 aliphatic heterocycles. The molecule has 3 aromatic rings. The Morgan fingerprint density at radius 3 is 2.74 bits per heavy atom. The second-order valence-corrected chi connectivity index (χ2v) is 7.65. The smallest absolute Gasteiger partial charge is 0.225 e. The van der Waals surface area contributed by atoms with E-state index in [1.165, 1.54) is 16.0 Å². The molecule has 1 aromatic carbocycles. The van der Waals surface area contributed by atoms with Gasteiger partial charge in [0.1, 0.15) is 5.01 Å². The van der Waals surface area contributed by atoms with Crippen LogP contribution in [0, 0.1) is 6.92 Å². The van der Waals surface area contributed by atoms with Crippen LogP contribution in [0.5, 0.6) is 0 Å². The van der Waals surface area contributed by atoms with Crippen LogP contribution in [0.15, 0.2) is 48.0 Å². The lowest BCUT2D eigenvalue weighted by atomic mass is 10.1. The SMILES string of the molecule is Cc1ccc(Cc2cnc(CNC(=O)Cc3cccs3)s2)cc1. The molecule has 0 saturated carbocycles. The van der Waals surface area contributed by atoms with Crippen molar-refractivity contribution in [3.63, 3.8) is 0 Å². The maximum Gasteiger partial charge on any atom is 0.225 e. The highest BCUT2D eigenvalue weighted by Gasteiger charge is 2.07. The van der Waals surface area contributed by atoms with Gasteiger partial charge in [-0.2, -0.15) is 0 Å². The Labute approximate surface area is 144 Å². The van der Waals surface area contributed by atoms with Crippen molar-refractivity contribution in [2.75, 3.05) is 0 Å². The number of rotatable bonds is 6. The Morgan fingerprint density at radius 2 is 2.00 bits per heavy atom. The Morgan fingerprint density at radius 1 is 1.17 bits per heavy atom. The van der Waals surface area contributed by atoms with Crippen LogP contribution in [0.2, 0.25) is 0 Å². The summed E-state index contributed by atoms with van der Waals surface area (Å²) in [6.45, 7) is 2.59. The fourth-order valence-corrected chi connectivity index (χ4v) is 3.83. The molecular formula is C18H18N2OS2. The molecule has 0 radical (unpaired) electrons. The molecule has 0 aliphatic carbocycles. The number of hydrogen-bond donors (Lipinski definition) is 1. The van der Waals surface area contributed by atoms with Crippen LogP contribution in [0.3, 0.4) is 0 Å². The summed E-state index contributed by atoms with van der Waals surface area (Å²) >= 11 is 3.26. The monoisotopic (exact) mass is 342 g/mol. The van der Waals surface area contributed by atoms with Gasteiger partial charge in [0.15, 0.2) is 0 Å². The molecule has 23 heavy (non-hydrogen) atoms. The fraction of sp³-hybridized carbons (Fsp3) is 0.222. The van der Waals surface area contributed by atoms with Gasteiger partial charge in [0, 0.05) is 22.4 Å². The highest BCUT2D eigenvalue weighted by Crippen LogP contribution is 2.18. The summed E-state index contributed by atoms with van der Waals surface area (Å²) in [6, 6.07) is 12.5. The zero-order valence-electron chi connectivity index (χ0n) is 12.9. The molecule has 0 spiro atoms. The molecule has 0 atom stereocenters. The van der Waals surface area contributed by atoms with Crippen LogP contribution < -0.4 is 5.32 Å². The average molecular weight is 342 g/mol. The molecule has 2 aromatic heterocycles. The van der Waals surface area contributed by atoms with Crippen molar-refractivity contribution in [2.24, 2.45) is 0 Å². The van der Waals surface area contributed by atoms with E-state index < -0.39 is 0 Å². The highest BCUT2D eigenvalue weighted by molar-refractivity contribution is 7.11. The topological polar surface area (TPSA) is 42.0 Å². The molecule has 0 aliphatic rings. The highest BCUT2D eigenvalue weighted by atomic mass is 32.1. The Hall–Kier alpha value is -1.98. The van der Waals surface area contributed by atoms with E-state index in [1.807, 2.05) is 23.7 Å². The fourth-order valence-electron chi connectivity index (χ4n) is 2.23. The van der Waals surface area contributed by atoms with Gasteiger partial charge in [-0.15, -0.1) is 22.7 Å². The van der Waals surface area contributed by atoms with Gasteiger partial charge in [-0.3, -0.25) is 4.79 Å². The quantitative estimate of drug-likeness (QED) is 0.737. The van der Waals surface area contributed by atoms with Gasteiger partial charge in [-0.05, 0) is 23.9 Å². The molecule has 0 saturated heterocycles. The van der Waals surface area contributed by atoms with Crippen LogP contribution in [-0.4, -0.2) is 10.9 Å². The van der Waals surface area contributed by atoms with Gasteiger partial charge in [-0.1, -0.05) is 35.9 Å². The van der Waals surface area contributed by atoms with Crippen molar-refractivity contribution in [3.05, 3.63) is 73.9 Å². The summed E-state index contributed by atoms with van der Waals surface area (Å²) in [5, 5.41) is 5.88. The minimum Gasteiger partial charge on any atom is -0.349 e. The van der Waals surface area contributed by atoms with Crippen molar-refractivity contribution >= 4 is 28.6 Å². The molecule has 1 N–H and O–H groups in total. The molecule has 5 heteroatoms.